The molecule has 0 aliphatic rings. The molecule has 0 spiro atoms. The second-order valence-corrected chi connectivity index (χ2v) is 6.33. The van der Waals surface area contributed by atoms with Crippen LogP contribution in [0.25, 0.3) is 0 Å². The number of nitrogens with zero attached hydrogens (tertiary/aromatic N) is 2. The predicted octanol–water partition coefficient (Wildman–Crippen LogP) is 4.04. The van der Waals surface area contributed by atoms with Gasteiger partial charge in [0.25, 0.3) is 0 Å². The van der Waals surface area contributed by atoms with E-state index in [1.165, 1.54) is 5.56 Å². The highest BCUT2D eigenvalue weighted by Crippen LogP contribution is 2.17. The quantitative estimate of drug-likeness (QED) is 0.719. The van der Waals surface area contributed by atoms with Crippen LogP contribution in [0.4, 0.5) is 5.69 Å². The molecule has 0 aliphatic heterocycles. The van der Waals surface area contributed by atoms with Crippen LogP contribution in [0.2, 0.25) is 0 Å². The monoisotopic (exact) mass is 352 g/mol. The largest absolute Gasteiger partial charge is 0.339 e. The van der Waals surface area contributed by atoms with Gasteiger partial charge in [-0.25, -0.2) is 0 Å². The molecule has 0 saturated heterocycles. The summed E-state index contributed by atoms with van der Waals surface area (Å²) in [5, 5.41) is 0. The molecule has 0 aliphatic carbocycles. The Labute approximate surface area is 156 Å². The molecular formula is C22H28N2O2. The highest BCUT2D eigenvalue weighted by atomic mass is 16.2. The van der Waals surface area contributed by atoms with E-state index in [4.69, 9.17) is 0 Å². The first-order valence-electron chi connectivity index (χ1n) is 9.23. The molecule has 2 rings (SSSR count). The summed E-state index contributed by atoms with van der Waals surface area (Å²) in [6.45, 7) is 7.26. The van der Waals surface area contributed by atoms with Gasteiger partial charge < -0.3 is 9.80 Å². The number of carbonyl (C=O) groups excluding carboxylic acids is 2. The van der Waals surface area contributed by atoms with E-state index in [1.807, 2.05) is 66.4 Å². The van der Waals surface area contributed by atoms with Gasteiger partial charge in [-0.3, -0.25) is 9.59 Å². The van der Waals surface area contributed by atoms with Crippen LogP contribution in [-0.4, -0.2) is 29.8 Å². The lowest BCUT2D eigenvalue weighted by Gasteiger charge is -2.25. The van der Waals surface area contributed by atoms with E-state index in [9.17, 15) is 9.59 Å². The summed E-state index contributed by atoms with van der Waals surface area (Å²) in [7, 11) is 0. The predicted molar refractivity (Wildman–Crippen MR) is 106 cm³/mol. The average molecular weight is 352 g/mol. The third kappa shape index (κ3) is 5.45. The lowest BCUT2D eigenvalue weighted by Crippen LogP contribution is -2.36. The molecule has 2 aromatic rings. The Morgan fingerprint density at radius 3 is 2.08 bits per heavy atom. The summed E-state index contributed by atoms with van der Waals surface area (Å²) < 4.78 is 0. The molecule has 0 bridgehead atoms. The molecule has 0 atom stereocenters. The summed E-state index contributed by atoms with van der Waals surface area (Å²) in [5.74, 6) is 0.0148. The highest BCUT2D eigenvalue weighted by molar-refractivity contribution is 5.92. The van der Waals surface area contributed by atoms with Gasteiger partial charge in [-0.2, -0.15) is 0 Å². The smallest absolute Gasteiger partial charge is 0.224 e. The van der Waals surface area contributed by atoms with E-state index in [1.54, 1.807) is 11.8 Å². The normalized spacial score (nSPS) is 10.4. The van der Waals surface area contributed by atoms with Crippen LogP contribution in [0.15, 0.2) is 54.6 Å². The van der Waals surface area contributed by atoms with Crippen molar-refractivity contribution in [3.05, 3.63) is 65.7 Å². The van der Waals surface area contributed by atoms with Crippen LogP contribution in [0.5, 0.6) is 0 Å². The van der Waals surface area contributed by atoms with E-state index in [2.05, 4.69) is 6.92 Å². The number of anilines is 1. The molecule has 2 amide bonds. The minimum Gasteiger partial charge on any atom is -0.339 e. The Balaban J connectivity index is 2.00. The Bertz CT molecular complexity index is 711. The highest BCUT2D eigenvalue weighted by Gasteiger charge is 2.17. The second kappa shape index (κ2) is 9.76. The van der Waals surface area contributed by atoms with E-state index >= 15 is 0 Å². The SMILES string of the molecule is CCc1ccc(N(CCC(=O)N(CC)Cc2ccccc2)C(C)=O)cc1. The number of aryl methyl sites for hydroxylation is 1. The van der Waals surface area contributed by atoms with Gasteiger partial charge in [-0.1, -0.05) is 49.4 Å². The van der Waals surface area contributed by atoms with E-state index in [-0.39, 0.29) is 11.8 Å². The number of rotatable bonds is 8. The number of amides is 2. The van der Waals surface area contributed by atoms with Gasteiger partial charge in [0, 0.05) is 38.7 Å². The molecule has 0 fully saturated rings. The Morgan fingerprint density at radius 1 is 0.885 bits per heavy atom. The molecule has 0 aromatic heterocycles. The minimum atomic E-state index is -0.0480. The van der Waals surface area contributed by atoms with Crippen molar-refractivity contribution in [2.24, 2.45) is 0 Å². The van der Waals surface area contributed by atoms with Gasteiger partial charge in [-0.05, 0) is 36.6 Å². The fourth-order valence-electron chi connectivity index (χ4n) is 2.93. The number of hydrogen-bond donors (Lipinski definition) is 0. The maximum atomic E-state index is 12.6. The van der Waals surface area contributed by atoms with Crippen molar-refractivity contribution in [2.45, 2.75) is 40.2 Å². The summed E-state index contributed by atoms with van der Waals surface area (Å²) >= 11 is 0. The number of benzene rings is 2. The maximum absolute atomic E-state index is 12.6. The molecule has 138 valence electrons. The molecule has 2 aromatic carbocycles. The van der Waals surface area contributed by atoms with Crippen LogP contribution in [0, 0.1) is 0 Å². The van der Waals surface area contributed by atoms with Crippen LogP contribution in [0.1, 0.15) is 38.3 Å². The maximum Gasteiger partial charge on any atom is 0.224 e. The van der Waals surface area contributed by atoms with Gasteiger partial charge in [0.2, 0.25) is 11.8 Å². The summed E-state index contributed by atoms with van der Waals surface area (Å²) in [5.41, 5.74) is 3.18. The van der Waals surface area contributed by atoms with Crippen LogP contribution in [-0.2, 0) is 22.6 Å². The van der Waals surface area contributed by atoms with Crippen LogP contribution >= 0.6 is 0 Å². The van der Waals surface area contributed by atoms with Crippen molar-refractivity contribution < 1.29 is 9.59 Å². The van der Waals surface area contributed by atoms with E-state index < -0.39 is 0 Å². The van der Waals surface area contributed by atoms with Crippen molar-refractivity contribution in [1.82, 2.24) is 4.90 Å². The Morgan fingerprint density at radius 2 is 1.54 bits per heavy atom. The number of hydrogen-bond acceptors (Lipinski definition) is 2. The van der Waals surface area contributed by atoms with Crippen molar-refractivity contribution in [1.29, 1.82) is 0 Å². The zero-order valence-corrected chi connectivity index (χ0v) is 15.9. The van der Waals surface area contributed by atoms with Crippen molar-refractivity contribution in [3.63, 3.8) is 0 Å². The molecule has 4 nitrogen and oxygen atoms in total. The van der Waals surface area contributed by atoms with Gasteiger partial charge >= 0.3 is 0 Å². The molecule has 26 heavy (non-hydrogen) atoms. The Hall–Kier alpha value is -2.62. The van der Waals surface area contributed by atoms with Crippen LogP contribution < -0.4 is 4.90 Å². The summed E-state index contributed by atoms with van der Waals surface area (Å²) in [4.78, 5) is 28.2. The third-order valence-electron chi connectivity index (χ3n) is 4.54. The molecular weight excluding hydrogens is 324 g/mol. The Kier molecular flexibility index (Phi) is 7.39. The fourth-order valence-corrected chi connectivity index (χ4v) is 2.93. The van der Waals surface area contributed by atoms with Crippen molar-refractivity contribution in [3.8, 4) is 0 Å². The van der Waals surface area contributed by atoms with Gasteiger partial charge in [-0.15, -0.1) is 0 Å². The third-order valence-corrected chi connectivity index (χ3v) is 4.54. The van der Waals surface area contributed by atoms with E-state index in [0.717, 1.165) is 17.7 Å². The average Bonchev–Trinajstić information content (AvgIpc) is 2.67. The topological polar surface area (TPSA) is 40.6 Å². The minimum absolute atomic E-state index is 0.0480. The summed E-state index contributed by atoms with van der Waals surface area (Å²) in [6, 6.07) is 17.9. The van der Waals surface area contributed by atoms with E-state index in [0.29, 0.717) is 26.1 Å². The molecule has 4 heteroatoms. The van der Waals surface area contributed by atoms with Crippen molar-refractivity contribution in [2.75, 3.05) is 18.0 Å². The first-order valence-corrected chi connectivity index (χ1v) is 9.23. The van der Waals surface area contributed by atoms with Gasteiger partial charge in [0.05, 0.1) is 0 Å². The molecule has 0 radical (unpaired) electrons. The molecule has 0 unspecified atom stereocenters. The van der Waals surface area contributed by atoms with Gasteiger partial charge in [0.15, 0.2) is 0 Å². The lowest BCUT2D eigenvalue weighted by atomic mass is 10.1. The summed E-state index contributed by atoms with van der Waals surface area (Å²) in [6.07, 6.45) is 1.28. The van der Waals surface area contributed by atoms with Crippen LogP contribution in [0.3, 0.4) is 0 Å². The fraction of sp³-hybridized carbons (Fsp3) is 0.364. The first-order chi connectivity index (χ1) is 12.5. The molecule has 0 N–H and O–H groups in total. The van der Waals surface area contributed by atoms with Crippen molar-refractivity contribution >= 4 is 17.5 Å². The zero-order valence-electron chi connectivity index (χ0n) is 15.9. The zero-order chi connectivity index (χ0) is 18.9. The standard InChI is InChI=1S/C22H28N2O2/c1-4-19-11-13-21(14-12-19)24(18(3)25)16-15-22(26)23(5-2)17-20-9-7-6-8-10-20/h6-14H,4-5,15-17H2,1-3H3. The molecule has 0 saturated carbocycles. The first kappa shape index (κ1) is 19.7. The lowest BCUT2D eigenvalue weighted by molar-refractivity contribution is -0.131. The second-order valence-electron chi connectivity index (χ2n) is 6.33. The van der Waals surface area contributed by atoms with Gasteiger partial charge in [0.1, 0.15) is 0 Å². The molecule has 0 heterocycles. The number of carbonyl (C=O) groups is 2.